The molecular formula is C26H34N2O. The van der Waals surface area contributed by atoms with Crippen molar-refractivity contribution >= 4 is 0 Å². The zero-order chi connectivity index (χ0) is 20.5. The number of hydrogen-bond donors (Lipinski definition) is 1. The molecule has 2 aromatic carbocycles. The fraction of sp³-hybridized carbons (Fsp3) is 0.385. The van der Waals surface area contributed by atoms with Gasteiger partial charge in [-0.1, -0.05) is 74.5 Å². The highest BCUT2D eigenvalue weighted by Gasteiger charge is 2.15. The molecule has 1 heterocycles. The van der Waals surface area contributed by atoms with Crippen molar-refractivity contribution in [3.63, 3.8) is 0 Å². The molecule has 0 saturated heterocycles. The van der Waals surface area contributed by atoms with Crippen molar-refractivity contribution in [1.82, 2.24) is 9.47 Å². The minimum Gasteiger partial charge on any atom is -0.391 e. The molecule has 1 N–H and O–H groups in total. The van der Waals surface area contributed by atoms with E-state index in [2.05, 4.69) is 84.1 Å². The summed E-state index contributed by atoms with van der Waals surface area (Å²) in [6.45, 7) is 7.96. The summed E-state index contributed by atoms with van der Waals surface area (Å²) >= 11 is 0. The normalized spacial score (nSPS) is 12.6. The molecule has 3 rings (SSSR count). The van der Waals surface area contributed by atoms with Gasteiger partial charge in [0.25, 0.3) is 0 Å². The summed E-state index contributed by atoms with van der Waals surface area (Å²) in [5.41, 5.74) is 3.79. The first-order valence-corrected chi connectivity index (χ1v) is 10.7. The van der Waals surface area contributed by atoms with Crippen LogP contribution >= 0.6 is 0 Å². The molecule has 0 spiro atoms. The second-order valence-corrected chi connectivity index (χ2v) is 8.37. The SMILES string of the molecule is CC(C)CCN(Cc1cccn1Cc1ccccc1)CC(O)Cc1ccccc1. The molecule has 3 aromatic rings. The van der Waals surface area contributed by atoms with E-state index in [1.807, 2.05) is 18.2 Å². The first-order chi connectivity index (χ1) is 14.1. The average Bonchev–Trinajstić information content (AvgIpc) is 3.14. The number of aliphatic hydroxyl groups excluding tert-OH is 1. The summed E-state index contributed by atoms with van der Waals surface area (Å²) < 4.78 is 2.32. The highest BCUT2D eigenvalue weighted by atomic mass is 16.3. The van der Waals surface area contributed by atoms with Gasteiger partial charge in [-0.05, 0) is 48.6 Å². The van der Waals surface area contributed by atoms with Crippen LogP contribution in [-0.4, -0.2) is 33.8 Å². The minimum absolute atomic E-state index is 0.359. The molecular weight excluding hydrogens is 356 g/mol. The fourth-order valence-electron chi connectivity index (χ4n) is 3.68. The van der Waals surface area contributed by atoms with Crippen molar-refractivity contribution < 1.29 is 5.11 Å². The molecule has 0 radical (unpaired) electrons. The van der Waals surface area contributed by atoms with Gasteiger partial charge < -0.3 is 9.67 Å². The summed E-state index contributed by atoms with van der Waals surface area (Å²) in [4.78, 5) is 2.41. The maximum atomic E-state index is 10.7. The number of rotatable bonds is 11. The number of aliphatic hydroxyl groups is 1. The number of nitrogens with zero attached hydrogens (tertiary/aromatic N) is 2. The molecule has 154 valence electrons. The predicted octanol–water partition coefficient (Wildman–Crippen LogP) is 4.99. The van der Waals surface area contributed by atoms with Crippen LogP contribution in [0, 0.1) is 5.92 Å². The van der Waals surface area contributed by atoms with Crippen molar-refractivity contribution in [3.8, 4) is 0 Å². The Morgan fingerprint density at radius 2 is 1.52 bits per heavy atom. The summed E-state index contributed by atoms with van der Waals surface area (Å²) in [5.74, 6) is 0.653. The van der Waals surface area contributed by atoms with Gasteiger partial charge in [-0.15, -0.1) is 0 Å². The molecule has 3 nitrogen and oxygen atoms in total. The molecule has 0 saturated carbocycles. The molecule has 1 unspecified atom stereocenters. The maximum absolute atomic E-state index is 10.7. The predicted molar refractivity (Wildman–Crippen MR) is 121 cm³/mol. The van der Waals surface area contributed by atoms with Crippen LogP contribution in [0.1, 0.15) is 37.1 Å². The quantitative estimate of drug-likeness (QED) is 0.500. The molecule has 0 bridgehead atoms. The third-order valence-corrected chi connectivity index (χ3v) is 5.31. The smallest absolute Gasteiger partial charge is 0.0707 e. The third-order valence-electron chi connectivity index (χ3n) is 5.31. The monoisotopic (exact) mass is 390 g/mol. The van der Waals surface area contributed by atoms with Gasteiger partial charge >= 0.3 is 0 Å². The minimum atomic E-state index is -0.359. The van der Waals surface area contributed by atoms with Crippen molar-refractivity contribution in [3.05, 3.63) is 95.8 Å². The Balaban J connectivity index is 1.65. The molecule has 29 heavy (non-hydrogen) atoms. The largest absolute Gasteiger partial charge is 0.391 e. The van der Waals surface area contributed by atoms with E-state index in [0.29, 0.717) is 18.9 Å². The van der Waals surface area contributed by atoms with Crippen LogP contribution in [0.4, 0.5) is 0 Å². The molecule has 3 heteroatoms. The van der Waals surface area contributed by atoms with Crippen LogP contribution in [0.3, 0.4) is 0 Å². The molecule has 0 amide bonds. The lowest BCUT2D eigenvalue weighted by Crippen LogP contribution is -2.35. The molecule has 0 fully saturated rings. The van der Waals surface area contributed by atoms with E-state index in [4.69, 9.17) is 0 Å². The Bertz CT molecular complexity index is 826. The zero-order valence-corrected chi connectivity index (χ0v) is 17.7. The summed E-state index contributed by atoms with van der Waals surface area (Å²) in [6, 6.07) is 25.2. The van der Waals surface area contributed by atoms with Crippen molar-refractivity contribution in [1.29, 1.82) is 0 Å². The summed E-state index contributed by atoms with van der Waals surface area (Å²) in [6.07, 6.45) is 3.63. The van der Waals surface area contributed by atoms with Gasteiger partial charge in [-0.25, -0.2) is 0 Å². The first-order valence-electron chi connectivity index (χ1n) is 10.7. The van der Waals surface area contributed by atoms with Gasteiger partial charge in [0.2, 0.25) is 0 Å². The van der Waals surface area contributed by atoms with Crippen molar-refractivity contribution in [2.45, 2.75) is 45.9 Å². The van der Waals surface area contributed by atoms with E-state index in [0.717, 1.165) is 26.1 Å². The topological polar surface area (TPSA) is 28.4 Å². The Kier molecular flexibility index (Phi) is 8.09. The van der Waals surface area contributed by atoms with Crippen LogP contribution in [0.15, 0.2) is 79.0 Å². The van der Waals surface area contributed by atoms with E-state index in [9.17, 15) is 5.11 Å². The molecule has 1 aromatic heterocycles. The number of aromatic nitrogens is 1. The highest BCUT2D eigenvalue weighted by molar-refractivity contribution is 5.18. The van der Waals surface area contributed by atoms with E-state index in [1.165, 1.54) is 16.8 Å². The molecule has 1 atom stereocenters. The van der Waals surface area contributed by atoms with Crippen molar-refractivity contribution in [2.24, 2.45) is 5.92 Å². The fourth-order valence-corrected chi connectivity index (χ4v) is 3.68. The van der Waals surface area contributed by atoms with Crippen LogP contribution in [0.5, 0.6) is 0 Å². The second kappa shape index (κ2) is 11.0. The maximum Gasteiger partial charge on any atom is 0.0707 e. The Labute approximate surface area is 175 Å². The third kappa shape index (κ3) is 7.19. The molecule has 0 aliphatic carbocycles. The van der Waals surface area contributed by atoms with Gasteiger partial charge in [0.05, 0.1) is 6.10 Å². The summed E-state index contributed by atoms with van der Waals surface area (Å²) in [7, 11) is 0. The lowest BCUT2D eigenvalue weighted by molar-refractivity contribution is 0.104. The Morgan fingerprint density at radius 3 is 2.17 bits per heavy atom. The standard InChI is InChI=1S/C26H34N2O/c1-22(2)15-17-27(21-26(29)18-23-10-5-3-6-11-23)20-25-14-9-16-28(25)19-24-12-7-4-8-13-24/h3-14,16,22,26,29H,15,17-21H2,1-2H3. The van der Waals surface area contributed by atoms with E-state index in [-0.39, 0.29) is 6.10 Å². The van der Waals surface area contributed by atoms with Crippen LogP contribution in [0.25, 0.3) is 0 Å². The molecule has 0 aliphatic heterocycles. The van der Waals surface area contributed by atoms with E-state index in [1.54, 1.807) is 0 Å². The van der Waals surface area contributed by atoms with E-state index < -0.39 is 0 Å². The summed E-state index contributed by atoms with van der Waals surface area (Å²) in [5, 5.41) is 10.7. The zero-order valence-electron chi connectivity index (χ0n) is 17.7. The lowest BCUT2D eigenvalue weighted by Gasteiger charge is -2.26. The second-order valence-electron chi connectivity index (χ2n) is 8.37. The van der Waals surface area contributed by atoms with Crippen LogP contribution in [0.2, 0.25) is 0 Å². The van der Waals surface area contributed by atoms with Gasteiger partial charge in [-0.2, -0.15) is 0 Å². The van der Waals surface area contributed by atoms with Crippen LogP contribution < -0.4 is 0 Å². The molecule has 0 aliphatic rings. The van der Waals surface area contributed by atoms with Gasteiger partial charge in [0.15, 0.2) is 0 Å². The number of hydrogen-bond acceptors (Lipinski definition) is 2. The van der Waals surface area contributed by atoms with Gasteiger partial charge in [0.1, 0.15) is 0 Å². The van der Waals surface area contributed by atoms with Crippen LogP contribution in [-0.2, 0) is 19.5 Å². The Hall–Kier alpha value is -2.36. The van der Waals surface area contributed by atoms with E-state index >= 15 is 0 Å². The number of benzene rings is 2. The highest BCUT2D eigenvalue weighted by Crippen LogP contribution is 2.14. The lowest BCUT2D eigenvalue weighted by atomic mass is 10.1. The van der Waals surface area contributed by atoms with Gasteiger partial charge in [-0.3, -0.25) is 4.90 Å². The van der Waals surface area contributed by atoms with Gasteiger partial charge in [0, 0.05) is 31.5 Å². The average molecular weight is 391 g/mol. The van der Waals surface area contributed by atoms with Crippen molar-refractivity contribution in [2.75, 3.05) is 13.1 Å². The first kappa shape index (κ1) is 21.4. The Morgan fingerprint density at radius 1 is 0.862 bits per heavy atom.